The topological polar surface area (TPSA) is 21.3 Å². The molecule has 0 bridgehead atoms. The van der Waals surface area contributed by atoms with E-state index in [9.17, 15) is 0 Å². The highest BCUT2D eigenvalue weighted by atomic mass is 16.5. The number of nitrogens with one attached hydrogen (secondary N) is 1. The molecule has 2 nitrogen and oxygen atoms in total. The molecule has 1 aromatic carbocycles. The van der Waals surface area contributed by atoms with Gasteiger partial charge in [0.2, 0.25) is 0 Å². The molecule has 0 saturated carbocycles. The maximum absolute atomic E-state index is 5.88. The molecule has 2 heteroatoms. The Morgan fingerprint density at radius 2 is 1.94 bits per heavy atom. The van der Waals surface area contributed by atoms with Gasteiger partial charge in [0.15, 0.2) is 0 Å². The first-order valence-electron chi connectivity index (χ1n) is 6.29. The second-order valence-corrected chi connectivity index (χ2v) is 5.80. The molecule has 1 N–H and O–H groups in total. The summed E-state index contributed by atoms with van der Waals surface area (Å²) in [5.74, 6) is 1.01. The summed E-state index contributed by atoms with van der Waals surface area (Å²) in [6.07, 6.45) is 1.07. The maximum Gasteiger partial charge on any atom is 0.123 e. The Morgan fingerprint density at radius 1 is 1.24 bits per heavy atom. The van der Waals surface area contributed by atoms with E-state index in [1.807, 2.05) is 7.05 Å². The van der Waals surface area contributed by atoms with Crippen LogP contribution in [0.2, 0.25) is 0 Å². The molecule has 0 fully saturated rings. The molecule has 0 spiro atoms. The molecule has 17 heavy (non-hydrogen) atoms. The minimum atomic E-state index is 0.327. The lowest BCUT2D eigenvalue weighted by atomic mass is 9.93. The summed E-state index contributed by atoms with van der Waals surface area (Å²) in [6.45, 7) is 10.5. The zero-order valence-corrected chi connectivity index (χ0v) is 11.8. The van der Waals surface area contributed by atoms with Crippen molar-refractivity contribution in [1.82, 2.24) is 5.32 Å². The first kappa shape index (κ1) is 14.0. The number of hydrogen-bond acceptors (Lipinski definition) is 2. The molecule has 0 amide bonds. The van der Waals surface area contributed by atoms with Crippen molar-refractivity contribution in [3.05, 3.63) is 29.3 Å². The third-order valence-corrected chi connectivity index (χ3v) is 2.69. The van der Waals surface area contributed by atoms with E-state index < -0.39 is 0 Å². The molecule has 96 valence electrons. The average Bonchev–Trinajstić information content (AvgIpc) is 2.20. The lowest BCUT2D eigenvalue weighted by Gasteiger charge is -2.19. The Morgan fingerprint density at radius 3 is 2.53 bits per heavy atom. The molecule has 0 aliphatic rings. The fraction of sp³-hybridized carbons (Fsp3) is 0.600. The van der Waals surface area contributed by atoms with E-state index in [-0.39, 0.29) is 0 Å². The molecule has 0 atom stereocenters. The summed E-state index contributed by atoms with van der Waals surface area (Å²) in [5.41, 5.74) is 2.84. The number of rotatable bonds is 5. The van der Waals surface area contributed by atoms with E-state index in [1.165, 1.54) is 11.1 Å². The fourth-order valence-electron chi connectivity index (χ4n) is 1.64. The van der Waals surface area contributed by atoms with Gasteiger partial charge < -0.3 is 10.1 Å². The van der Waals surface area contributed by atoms with Crippen molar-refractivity contribution in [2.75, 3.05) is 13.7 Å². The highest BCUT2D eigenvalue weighted by Gasteiger charge is 2.11. The Hall–Kier alpha value is -1.02. The third kappa shape index (κ3) is 5.22. The zero-order chi connectivity index (χ0) is 12.9. The van der Waals surface area contributed by atoms with Gasteiger partial charge in [-0.15, -0.1) is 0 Å². The van der Waals surface area contributed by atoms with Gasteiger partial charge in [0.1, 0.15) is 5.75 Å². The monoisotopic (exact) mass is 235 g/mol. The van der Waals surface area contributed by atoms with Crippen LogP contribution in [0.3, 0.4) is 0 Å². The minimum Gasteiger partial charge on any atom is -0.493 e. The smallest absolute Gasteiger partial charge is 0.123 e. The van der Waals surface area contributed by atoms with Crippen LogP contribution in [0.15, 0.2) is 18.2 Å². The van der Waals surface area contributed by atoms with Crippen LogP contribution in [0.1, 0.15) is 38.3 Å². The molecule has 0 aliphatic carbocycles. The number of hydrogen-bond donors (Lipinski definition) is 1. The van der Waals surface area contributed by atoms with Gasteiger partial charge in [-0.05, 0) is 31.9 Å². The highest BCUT2D eigenvalue weighted by Crippen LogP contribution is 2.23. The lowest BCUT2D eigenvalue weighted by Crippen LogP contribution is -2.13. The van der Waals surface area contributed by atoms with Crippen LogP contribution in [-0.2, 0) is 6.54 Å². The standard InChI is InChI=1S/C15H25NO/c1-12-6-7-14(13(10-12)11-16-5)17-9-8-15(2,3)4/h6-7,10,16H,8-9,11H2,1-5H3. The number of ether oxygens (including phenoxy) is 1. The average molecular weight is 235 g/mol. The van der Waals surface area contributed by atoms with Crippen molar-refractivity contribution < 1.29 is 4.74 Å². The summed E-state index contributed by atoms with van der Waals surface area (Å²) in [7, 11) is 1.96. The second kappa shape index (κ2) is 6.06. The number of aryl methyl sites for hydroxylation is 1. The summed E-state index contributed by atoms with van der Waals surface area (Å²) in [6, 6.07) is 6.36. The van der Waals surface area contributed by atoms with Gasteiger partial charge in [-0.2, -0.15) is 0 Å². The zero-order valence-electron chi connectivity index (χ0n) is 11.8. The quantitative estimate of drug-likeness (QED) is 0.843. The van der Waals surface area contributed by atoms with Gasteiger partial charge in [-0.3, -0.25) is 0 Å². The summed E-state index contributed by atoms with van der Waals surface area (Å²) < 4.78 is 5.88. The predicted octanol–water partition coefficient (Wildman–Crippen LogP) is 3.53. The molecule has 1 aromatic rings. The SMILES string of the molecule is CNCc1cc(C)ccc1OCCC(C)(C)C. The Labute approximate surface area is 105 Å². The van der Waals surface area contributed by atoms with Crippen LogP contribution < -0.4 is 10.1 Å². The molecule has 0 aromatic heterocycles. The number of benzene rings is 1. The molecule has 0 aliphatic heterocycles. The van der Waals surface area contributed by atoms with Gasteiger partial charge in [0, 0.05) is 12.1 Å². The first-order chi connectivity index (χ1) is 7.92. The van der Waals surface area contributed by atoms with Crippen LogP contribution in [0, 0.1) is 12.3 Å². The summed E-state index contributed by atoms with van der Waals surface area (Å²) in [4.78, 5) is 0. The van der Waals surface area contributed by atoms with Gasteiger partial charge >= 0.3 is 0 Å². The van der Waals surface area contributed by atoms with E-state index >= 15 is 0 Å². The van der Waals surface area contributed by atoms with Crippen LogP contribution in [0.4, 0.5) is 0 Å². The molecular weight excluding hydrogens is 210 g/mol. The van der Waals surface area contributed by atoms with Crippen LogP contribution in [0.5, 0.6) is 5.75 Å². The third-order valence-electron chi connectivity index (χ3n) is 2.69. The van der Waals surface area contributed by atoms with Gasteiger partial charge in [0.25, 0.3) is 0 Å². The summed E-state index contributed by atoms with van der Waals surface area (Å²) >= 11 is 0. The van der Waals surface area contributed by atoms with E-state index in [1.54, 1.807) is 0 Å². The largest absolute Gasteiger partial charge is 0.493 e. The predicted molar refractivity (Wildman–Crippen MR) is 73.5 cm³/mol. The van der Waals surface area contributed by atoms with Crippen LogP contribution >= 0.6 is 0 Å². The Bertz CT molecular complexity index is 352. The second-order valence-electron chi connectivity index (χ2n) is 5.80. The Kier molecular flexibility index (Phi) is 5.01. The van der Waals surface area contributed by atoms with Crippen molar-refractivity contribution in [1.29, 1.82) is 0 Å². The maximum atomic E-state index is 5.88. The molecule has 0 saturated heterocycles. The van der Waals surface area contributed by atoms with Crippen molar-refractivity contribution in [3.63, 3.8) is 0 Å². The van der Waals surface area contributed by atoms with Crippen LogP contribution in [0.25, 0.3) is 0 Å². The Balaban J connectivity index is 2.63. The summed E-state index contributed by atoms with van der Waals surface area (Å²) in [5, 5.41) is 3.18. The molecule has 1 rings (SSSR count). The van der Waals surface area contributed by atoms with Gasteiger partial charge in [-0.25, -0.2) is 0 Å². The van der Waals surface area contributed by atoms with Crippen molar-refractivity contribution in [2.45, 2.75) is 40.7 Å². The van der Waals surface area contributed by atoms with E-state index in [4.69, 9.17) is 4.74 Å². The normalized spacial score (nSPS) is 11.6. The van der Waals surface area contributed by atoms with E-state index in [2.05, 4.69) is 51.2 Å². The van der Waals surface area contributed by atoms with Crippen molar-refractivity contribution >= 4 is 0 Å². The lowest BCUT2D eigenvalue weighted by molar-refractivity contribution is 0.241. The van der Waals surface area contributed by atoms with Crippen molar-refractivity contribution in [2.24, 2.45) is 5.41 Å². The van der Waals surface area contributed by atoms with E-state index in [0.717, 1.165) is 25.3 Å². The van der Waals surface area contributed by atoms with Crippen molar-refractivity contribution in [3.8, 4) is 5.75 Å². The molecule has 0 radical (unpaired) electrons. The molecular formula is C15H25NO. The van der Waals surface area contributed by atoms with E-state index in [0.29, 0.717) is 5.41 Å². The van der Waals surface area contributed by atoms with Gasteiger partial charge in [0.05, 0.1) is 6.61 Å². The minimum absolute atomic E-state index is 0.327. The first-order valence-corrected chi connectivity index (χ1v) is 6.29. The molecule has 0 heterocycles. The fourth-order valence-corrected chi connectivity index (χ4v) is 1.64. The van der Waals surface area contributed by atoms with Gasteiger partial charge in [-0.1, -0.05) is 38.5 Å². The molecule has 0 unspecified atom stereocenters. The highest BCUT2D eigenvalue weighted by molar-refractivity contribution is 5.36. The van der Waals surface area contributed by atoms with Crippen LogP contribution in [-0.4, -0.2) is 13.7 Å².